The van der Waals surface area contributed by atoms with Crippen LogP contribution >= 0.6 is 11.6 Å². The molecule has 3 fully saturated rings. The number of hydrogen-bond donors (Lipinski definition) is 2. The van der Waals surface area contributed by atoms with Gasteiger partial charge in [-0.25, -0.2) is 4.98 Å². The Morgan fingerprint density at radius 3 is 2.63 bits per heavy atom. The minimum atomic E-state index is -0.233. The third-order valence-corrected chi connectivity index (χ3v) is 8.40. The third kappa shape index (κ3) is 4.98. The van der Waals surface area contributed by atoms with Crippen LogP contribution in [0.1, 0.15) is 64.1 Å². The van der Waals surface area contributed by atoms with Gasteiger partial charge in [-0.15, -0.1) is 0 Å². The maximum Gasteiger partial charge on any atom is 0.229 e. The van der Waals surface area contributed by atoms with Crippen molar-refractivity contribution in [3.8, 4) is 0 Å². The fraction of sp³-hybridized carbons (Fsp3) is 0.680. The topological polar surface area (TPSA) is 91.2 Å². The number of aryl methyl sites for hydroxylation is 1. The number of carbonyl (C=O) groups excluding carboxylic acids is 1. The number of hydrogen-bond acceptors (Lipinski definition) is 7. The highest BCUT2D eigenvalue weighted by atomic mass is 35.5. The SMILES string of the molecule is Cc1nn(C2CC3CCC(C2)N3C)cc1Nc1ncc(Cl)c(NCCCN2CCC(C)(C)C2=O)n1. The number of fused-ring (bicyclic) bond motifs is 2. The Morgan fingerprint density at radius 2 is 1.94 bits per heavy atom. The highest BCUT2D eigenvalue weighted by Crippen LogP contribution is 2.40. The molecule has 10 heteroatoms. The lowest BCUT2D eigenvalue weighted by Crippen LogP contribution is -2.40. The average Bonchev–Trinajstić information content (AvgIpc) is 3.36. The van der Waals surface area contributed by atoms with Gasteiger partial charge in [0.15, 0.2) is 0 Å². The van der Waals surface area contributed by atoms with Crippen molar-refractivity contribution in [3.05, 3.63) is 23.1 Å². The first-order valence-electron chi connectivity index (χ1n) is 12.8. The smallest absolute Gasteiger partial charge is 0.229 e. The van der Waals surface area contributed by atoms with Gasteiger partial charge in [0.05, 0.1) is 23.6 Å². The summed E-state index contributed by atoms with van der Waals surface area (Å²) in [6, 6.07) is 1.78. The number of rotatable bonds is 8. The van der Waals surface area contributed by atoms with Crippen molar-refractivity contribution in [1.82, 2.24) is 29.5 Å². The second-order valence-electron chi connectivity index (χ2n) is 11.0. The first-order valence-corrected chi connectivity index (χ1v) is 13.2. The molecule has 2 unspecified atom stereocenters. The molecule has 9 nitrogen and oxygen atoms in total. The predicted octanol–water partition coefficient (Wildman–Crippen LogP) is 4.24. The van der Waals surface area contributed by atoms with Crippen LogP contribution in [-0.2, 0) is 4.79 Å². The Labute approximate surface area is 212 Å². The number of aromatic nitrogens is 4. The molecule has 190 valence electrons. The number of nitrogens with one attached hydrogen (secondary N) is 2. The van der Waals surface area contributed by atoms with E-state index >= 15 is 0 Å². The lowest BCUT2D eigenvalue weighted by atomic mass is 9.92. The van der Waals surface area contributed by atoms with E-state index in [9.17, 15) is 4.79 Å². The summed E-state index contributed by atoms with van der Waals surface area (Å²) >= 11 is 6.35. The standard InChI is InChI=1S/C25H37ClN8O/c1-16-21(15-34(31-16)19-12-17-6-7-18(13-19)32(17)4)29-24-28-14-20(26)22(30-24)27-9-5-10-33-11-8-25(2,3)23(33)35/h14-15,17-19H,5-13H2,1-4H3,(H2,27,28,29,30). The molecule has 2 aromatic rings. The zero-order valence-corrected chi connectivity index (χ0v) is 22.0. The molecule has 3 saturated heterocycles. The molecule has 0 saturated carbocycles. The van der Waals surface area contributed by atoms with Gasteiger partial charge in [-0.3, -0.25) is 9.48 Å². The van der Waals surface area contributed by atoms with E-state index in [2.05, 4.69) is 43.4 Å². The second-order valence-corrected chi connectivity index (χ2v) is 11.4. The fourth-order valence-corrected chi connectivity index (χ4v) is 5.96. The quantitative estimate of drug-likeness (QED) is 0.524. The summed E-state index contributed by atoms with van der Waals surface area (Å²) in [7, 11) is 2.26. The van der Waals surface area contributed by atoms with Crippen LogP contribution in [0.2, 0.25) is 5.02 Å². The summed E-state index contributed by atoms with van der Waals surface area (Å²) in [6.45, 7) is 8.30. The van der Waals surface area contributed by atoms with Crippen molar-refractivity contribution in [2.24, 2.45) is 5.41 Å². The fourth-order valence-electron chi connectivity index (χ4n) is 5.80. The Hall–Kier alpha value is -2.39. The van der Waals surface area contributed by atoms with Gasteiger partial charge in [-0.05, 0) is 52.5 Å². The van der Waals surface area contributed by atoms with Crippen molar-refractivity contribution in [2.75, 3.05) is 37.3 Å². The van der Waals surface area contributed by atoms with E-state index in [1.165, 1.54) is 12.8 Å². The summed E-state index contributed by atoms with van der Waals surface area (Å²) in [5.41, 5.74) is 1.62. The molecule has 0 aliphatic carbocycles. The maximum atomic E-state index is 12.4. The van der Waals surface area contributed by atoms with Crippen LogP contribution in [0, 0.1) is 12.3 Å². The van der Waals surface area contributed by atoms with E-state index in [1.807, 2.05) is 25.7 Å². The number of piperidine rings is 1. The largest absolute Gasteiger partial charge is 0.369 e. The lowest BCUT2D eigenvalue weighted by Gasteiger charge is -2.36. The predicted molar refractivity (Wildman–Crippen MR) is 138 cm³/mol. The van der Waals surface area contributed by atoms with Gasteiger partial charge in [0.25, 0.3) is 0 Å². The van der Waals surface area contributed by atoms with E-state index in [0.717, 1.165) is 50.2 Å². The summed E-state index contributed by atoms with van der Waals surface area (Å²) in [6.07, 6.45) is 10.3. The Kier molecular flexibility index (Phi) is 6.65. The van der Waals surface area contributed by atoms with Gasteiger partial charge in [0.2, 0.25) is 11.9 Å². The summed E-state index contributed by atoms with van der Waals surface area (Å²) in [4.78, 5) is 25.8. The molecule has 2 atom stereocenters. The Bertz CT molecular complexity index is 1070. The van der Waals surface area contributed by atoms with Crippen LogP contribution in [0.15, 0.2) is 12.4 Å². The minimum Gasteiger partial charge on any atom is -0.369 e. The molecule has 1 amide bonds. The van der Waals surface area contributed by atoms with E-state index in [4.69, 9.17) is 16.7 Å². The van der Waals surface area contributed by atoms with Crippen molar-refractivity contribution in [3.63, 3.8) is 0 Å². The molecule has 35 heavy (non-hydrogen) atoms. The van der Waals surface area contributed by atoms with Gasteiger partial charge in [0, 0.05) is 43.3 Å². The van der Waals surface area contributed by atoms with E-state index in [1.54, 1.807) is 6.20 Å². The van der Waals surface area contributed by atoms with Crippen molar-refractivity contribution in [2.45, 2.75) is 77.4 Å². The van der Waals surface area contributed by atoms with E-state index < -0.39 is 0 Å². The molecule has 2 N–H and O–H groups in total. The van der Waals surface area contributed by atoms with Crippen molar-refractivity contribution in [1.29, 1.82) is 0 Å². The molecule has 0 radical (unpaired) electrons. The number of nitrogens with zero attached hydrogens (tertiary/aromatic N) is 6. The Balaban J connectivity index is 1.18. The normalized spacial score (nSPS) is 25.9. The summed E-state index contributed by atoms with van der Waals surface area (Å²) in [5.74, 6) is 1.32. The molecular weight excluding hydrogens is 464 g/mol. The zero-order valence-electron chi connectivity index (χ0n) is 21.2. The van der Waals surface area contributed by atoms with Crippen LogP contribution in [0.4, 0.5) is 17.5 Å². The molecule has 3 aliphatic rings. The Morgan fingerprint density at radius 1 is 1.20 bits per heavy atom. The van der Waals surface area contributed by atoms with Crippen molar-refractivity contribution >= 4 is 35.0 Å². The lowest BCUT2D eigenvalue weighted by molar-refractivity contribution is -0.134. The third-order valence-electron chi connectivity index (χ3n) is 8.12. The number of halogens is 1. The highest BCUT2D eigenvalue weighted by Gasteiger charge is 2.39. The summed E-state index contributed by atoms with van der Waals surface area (Å²) in [5, 5.41) is 11.9. The summed E-state index contributed by atoms with van der Waals surface area (Å²) < 4.78 is 2.13. The minimum absolute atomic E-state index is 0.233. The van der Waals surface area contributed by atoms with Gasteiger partial charge >= 0.3 is 0 Å². The first kappa shape index (κ1) is 24.3. The van der Waals surface area contributed by atoms with Gasteiger partial charge in [0.1, 0.15) is 10.8 Å². The van der Waals surface area contributed by atoms with Crippen LogP contribution in [-0.4, -0.2) is 74.2 Å². The van der Waals surface area contributed by atoms with Crippen LogP contribution < -0.4 is 10.6 Å². The number of amides is 1. The monoisotopic (exact) mass is 500 g/mol. The van der Waals surface area contributed by atoms with Gasteiger partial charge < -0.3 is 20.4 Å². The van der Waals surface area contributed by atoms with Crippen LogP contribution in [0.25, 0.3) is 0 Å². The molecule has 5 rings (SSSR count). The van der Waals surface area contributed by atoms with Gasteiger partial charge in [-0.2, -0.15) is 10.1 Å². The van der Waals surface area contributed by atoms with E-state index in [-0.39, 0.29) is 11.3 Å². The molecular formula is C25H37ClN8O. The maximum absolute atomic E-state index is 12.4. The number of carbonyl (C=O) groups is 1. The van der Waals surface area contributed by atoms with Gasteiger partial charge in [-0.1, -0.05) is 25.4 Å². The molecule has 3 aliphatic heterocycles. The zero-order chi connectivity index (χ0) is 24.7. The van der Waals surface area contributed by atoms with Crippen molar-refractivity contribution < 1.29 is 4.79 Å². The van der Waals surface area contributed by atoms with Crippen LogP contribution in [0.5, 0.6) is 0 Å². The average molecular weight is 501 g/mol. The number of likely N-dealkylation sites (tertiary alicyclic amines) is 1. The molecule has 2 bridgehead atoms. The highest BCUT2D eigenvalue weighted by molar-refractivity contribution is 6.32. The molecule has 5 heterocycles. The number of anilines is 3. The second kappa shape index (κ2) is 9.58. The first-order chi connectivity index (χ1) is 16.7. The molecule has 2 aromatic heterocycles. The molecule has 0 aromatic carbocycles. The van der Waals surface area contributed by atoms with E-state index in [0.29, 0.717) is 41.5 Å². The molecule has 0 spiro atoms. The van der Waals surface area contributed by atoms with Crippen LogP contribution in [0.3, 0.4) is 0 Å².